The zero-order valence-corrected chi connectivity index (χ0v) is 16.7. The zero-order valence-electron chi connectivity index (χ0n) is 16.7. The number of carbonyl (C=O) groups excluding carboxylic acids is 1. The highest BCUT2D eigenvalue weighted by molar-refractivity contribution is 5.91. The van der Waals surface area contributed by atoms with E-state index in [1.807, 2.05) is 20.8 Å². The molecule has 150 valence electrons. The second kappa shape index (κ2) is 7.32. The van der Waals surface area contributed by atoms with Crippen LogP contribution < -0.4 is 0 Å². The zero-order chi connectivity index (χ0) is 20.0. The normalized spacial score (nSPS) is 45.6. The van der Waals surface area contributed by atoms with E-state index >= 15 is 0 Å². The first-order chi connectivity index (χ1) is 12.8. The average Bonchev–Trinajstić information content (AvgIpc) is 2.93. The van der Waals surface area contributed by atoms with Gasteiger partial charge >= 0.3 is 0 Å². The third kappa shape index (κ3) is 2.97. The summed E-state index contributed by atoms with van der Waals surface area (Å²) in [6.45, 7) is 5.94. The largest absolute Gasteiger partial charge is 0.377 e. The number of terminal acetylenes is 1. The Morgan fingerprint density at radius 1 is 1.26 bits per heavy atom. The van der Waals surface area contributed by atoms with Crippen molar-refractivity contribution in [2.75, 3.05) is 0 Å². The Labute approximate surface area is 161 Å². The monoisotopic (exact) mass is 378 g/mol. The summed E-state index contributed by atoms with van der Waals surface area (Å²) in [5.74, 6) is 2.36. The predicted octanol–water partition coefficient (Wildman–Crippen LogP) is 5.01. The van der Waals surface area contributed by atoms with Crippen molar-refractivity contribution in [1.82, 2.24) is 0 Å². The van der Waals surface area contributed by atoms with Crippen LogP contribution in [0.4, 0.5) is 8.78 Å². The van der Waals surface area contributed by atoms with Crippen LogP contribution in [0, 0.1) is 47.3 Å². The van der Waals surface area contributed by atoms with Crippen LogP contribution in [-0.4, -0.2) is 22.9 Å². The Kier molecular flexibility index (Phi) is 5.56. The molecule has 0 bridgehead atoms. The molecule has 0 aromatic heterocycles. The standard InChI is InChI=1S/C21H26F2O2.C2H6/c1-3-21(25)9-8-17-15-6-4-12-10-13(24)5-7-14(12)18(15)16(19(22)23)11-20(17,21)2;1-2/h1,10,14-19,25H,4-9,11H2,2H3;1-2H3/t14?,15?,16?,17?,18?,20-,21-;/m0./s1. The van der Waals surface area contributed by atoms with Crippen LogP contribution in [0.2, 0.25) is 0 Å². The maximum atomic E-state index is 14.1. The van der Waals surface area contributed by atoms with Gasteiger partial charge in [-0.05, 0) is 68.3 Å². The fourth-order valence-corrected chi connectivity index (χ4v) is 6.88. The Hall–Kier alpha value is -1.21. The minimum Gasteiger partial charge on any atom is -0.377 e. The van der Waals surface area contributed by atoms with Gasteiger partial charge in [-0.1, -0.05) is 32.3 Å². The molecule has 3 saturated carbocycles. The van der Waals surface area contributed by atoms with Gasteiger partial charge in [-0.2, -0.15) is 0 Å². The molecule has 0 spiro atoms. The first-order valence-corrected chi connectivity index (χ1v) is 10.5. The third-order valence-electron chi connectivity index (χ3n) is 8.06. The third-order valence-corrected chi connectivity index (χ3v) is 8.06. The maximum absolute atomic E-state index is 14.1. The van der Waals surface area contributed by atoms with Gasteiger partial charge in [-0.3, -0.25) is 4.79 Å². The molecule has 0 heterocycles. The molecular formula is C23H32F2O2. The average molecular weight is 379 g/mol. The summed E-state index contributed by atoms with van der Waals surface area (Å²) < 4.78 is 28.2. The smallest absolute Gasteiger partial charge is 0.241 e. The SMILES string of the molecule is C#C[C@]1(O)CCC2C3CCC4=CC(=O)CCC4C3C(C(F)F)C[C@@]21C.CC. The molecule has 0 saturated heterocycles. The van der Waals surface area contributed by atoms with Crippen molar-refractivity contribution in [1.29, 1.82) is 0 Å². The fraction of sp³-hybridized carbons (Fsp3) is 0.783. The molecule has 5 unspecified atom stereocenters. The number of hydrogen-bond donors (Lipinski definition) is 1. The van der Waals surface area contributed by atoms with Crippen LogP contribution in [0.15, 0.2) is 11.6 Å². The Morgan fingerprint density at radius 2 is 1.96 bits per heavy atom. The van der Waals surface area contributed by atoms with Crippen LogP contribution in [-0.2, 0) is 4.79 Å². The number of ketones is 1. The van der Waals surface area contributed by atoms with E-state index < -0.39 is 23.4 Å². The Morgan fingerprint density at radius 3 is 2.59 bits per heavy atom. The topological polar surface area (TPSA) is 37.3 Å². The van der Waals surface area contributed by atoms with Gasteiger partial charge in [0.15, 0.2) is 5.78 Å². The van der Waals surface area contributed by atoms with E-state index in [0.717, 1.165) is 24.8 Å². The molecule has 1 N–H and O–H groups in total. The van der Waals surface area contributed by atoms with Crippen molar-refractivity contribution >= 4 is 5.78 Å². The Balaban J connectivity index is 0.00000102. The number of alkyl halides is 2. The van der Waals surface area contributed by atoms with Crippen molar-refractivity contribution in [3.05, 3.63) is 11.6 Å². The predicted molar refractivity (Wildman–Crippen MR) is 102 cm³/mol. The molecule has 4 aliphatic rings. The lowest BCUT2D eigenvalue weighted by Crippen LogP contribution is -2.56. The summed E-state index contributed by atoms with van der Waals surface area (Å²) in [6, 6.07) is 0. The maximum Gasteiger partial charge on any atom is 0.241 e. The van der Waals surface area contributed by atoms with E-state index in [1.54, 1.807) is 6.08 Å². The second-order valence-electron chi connectivity index (χ2n) is 8.88. The second-order valence-corrected chi connectivity index (χ2v) is 8.88. The summed E-state index contributed by atoms with van der Waals surface area (Å²) >= 11 is 0. The Bertz CT molecular complexity index is 664. The minimum absolute atomic E-state index is 0.0775. The number of halogens is 2. The van der Waals surface area contributed by atoms with Gasteiger partial charge in [-0.25, -0.2) is 8.78 Å². The van der Waals surface area contributed by atoms with Crippen LogP contribution >= 0.6 is 0 Å². The van der Waals surface area contributed by atoms with Gasteiger partial charge in [0.2, 0.25) is 6.43 Å². The van der Waals surface area contributed by atoms with Crippen LogP contribution in [0.3, 0.4) is 0 Å². The van der Waals surface area contributed by atoms with Crippen molar-refractivity contribution in [2.24, 2.45) is 35.0 Å². The molecular weight excluding hydrogens is 346 g/mol. The van der Waals surface area contributed by atoms with Crippen LogP contribution in [0.25, 0.3) is 0 Å². The lowest BCUT2D eigenvalue weighted by molar-refractivity contribution is -0.143. The number of hydrogen-bond acceptors (Lipinski definition) is 2. The highest BCUT2D eigenvalue weighted by Gasteiger charge is 2.65. The van der Waals surface area contributed by atoms with Crippen LogP contribution in [0.1, 0.15) is 65.7 Å². The fourth-order valence-electron chi connectivity index (χ4n) is 6.88. The molecule has 3 fully saturated rings. The number of allylic oxidation sites excluding steroid dienone is 1. The number of carbonyl (C=O) groups is 1. The number of fused-ring (bicyclic) bond motifs is 5. The van der Waals surface area contributed by atoms with E-state index in [-0.39, 0.29) is 35.9 Å². The summed E-state index contributed by atoms with van der Waals surface area (Å²) in [4.78, 5) is 11.8. The van der Waals surface area contributed by atoms with E-state index in [2.05, 4.69) is 5.92 Å². The molecule has 0 aromatic rings. The van der Waals surface area contributed by atoms with Crippen LogP contribution in [0.5, 0.6) is 0 Å². The van der Waals surface area contributed by atoms with Crippen molar-refractivity contribution in [2.45, 2.75) is 77.7 Å². The molecule has 4 rings (SSSR count). The first-order valence-electron chi connectivity index (χ1n) is 10.5. The number of rotatable bonds is 1. The van der Waals surface area contributed by atoms with Gasteiger partial charge in [0.1, 0.15) is 5.60 Å². The highest BCUT2D eigenvalue weighted by atomic mass is 19.3. The quantitative estimate of drug-likeness (QED) is 0.651. The summed E-state index contributed by atoms with van der Waals surface area (Å²) in [7, 11) is 0. The summed E-state index contributed by atoms with van der Waals surface area (Å²) in [5.41, 5.74) is -0.804. The molecule has 7 atom stereocenters. The molecule has 27 heavy (non-hydrogen) atoms. The van der Waals surface area contributed by atoms with Gasteiger partial charge in [0.05, 0.1) is 0 Å². The van der Waals surface area contributed by atoms with E-state index in [0.29, 0.717) is 19.3 Å². The van der Waals surface area contributed by atoms with Crippen molar-refractivity contribution < 1.29 is 18.7 Å². The van der Waals surface area contributed by atoms with Gasteiger partial charge in [0, 0.05) is 17.8 Å². The molecule has 4 heteroatoms. The molecule has 0 aliphatic heterocycles. The molecule has 4 aliphatic carbocycles. The molecule has 0 radical (unpaired) electrons. The molecule has 0 aromatic carbocycles. The minimum atomic E-state index is -2.41. The van der Waals surface area contributed by atoms with E-state index in [4.69, 9.17) is 6.42 Å². The lowest BCUT2D eigenvalue weighted by Gasteiger charge is -2.57. The first kappa shape index (κ1) is 20.5. The summed E-state index contributed by atoms with van der Waals surface area (Å²) in [6.07, 6.45) is 9.42. The van der Waals surface area contributed by atoms with Gasteiger partial charge < -0.3 is 5.11 Å². The van der Waals surface area contributed by atoms with Gasteiger partial charge in [0.25, 0.3) is 0 Å². The van der Waals surface area contributed by atoms with E-state index in [9.17, 15) is 18.7 Å². The molecule has 2 nitrogen and oxygen atoms in total. The highest BCUT2D eigenvalue weighted by Crippen LogP contribution is 2.66. The number of aliphatic hydroxyl groups is 1. The van der Waals surface area contributed by atoms with Crippen molar-refractivity contribution in [3.63, 3.8) is 0 Å². The molecule has 0 amide bonds. The van der Waals surface area contributed by atoms with E-state index in [1.165, 1.54) is 0 Å². The van der Waals surface area contributed by atoms with Crippen molar-refractivity contribution in [3.8, 4) is 12.3 Å². The lowest BCUT2D eigenvalue weighted by atomic mass is 9.47. The summed E-state index contributed by atoms with van der Waals surface area (Å²) in [5, 5.41) is 11.0. The van der Waals surface area contributed by atoms with Gasteiger partial charge in [-0.15, -0.1) is 6.42 Å².